The molecule has 0 saturated carbocycles. The van der Waals surface area contributed by atoms with Crippen LogP contribution in [-0.2, 0) is 4.74 Å². The van der Waals surface area contributed by atoms with Crippen LogP contribution < -0.4 is 9.64 Å². The smallest absolute Gasteiger partial charge is 0.142 e. The van der Waals surface area contributed by atoms with Crippen LogP contribution in [-0.4, -0.2) is 81.5 Å². The molecule has 0 bridgehead atoms. The Morgan fingerprint density at radius 2 is 1.74 bits per heavy atom. The van der Waals surface area contributed by atoms with Crippen molar-refractivity contribution in [1.82, 2.24) is 9.80 Å². The number of benzene rings is 1. The van der Waals surface area contributed by atoms with Crippen molar-refractivity contribution in [3.63, 3.8) is 0 Å². The van der Waals surface area contributed by atoms with Crippen LogP contribution in [0.25, 0.3) is 0 Å². The van der Waals surface area contributed by atoms with Crippen molar-refractivity contribution in [1.29, 1.82) is 0 Å². The quantitative estimate of drug-likeness (QED) is 0.791. The largest absolute Gasteiger partial charge is 0.495 e. The fourth-order valence-corrected chi connectivity index (χ4v) is 4.93. The fraction of sp³-hybridized carbons (Fsp3) is 0.727. The molecule has 4 rings (SSSR count). The molecule has 150 valence electrons. The number of hydrogen-bond acceptors (Lipinski definition) is 5. The highest BCUT2D eigenvalue weighted by Gasteiger charge is 2.29. The lowest BCUT2D eigenvalue weighted by Gasteiger charge is -2.44. The summed E-state index contributed by atoms with van der Waals surface area (Å²) in [5.74, 6) is 0.990. The molecule has 1 atom stereocenters. The van der Waals surface area contributed by atoms with Crippen molar-refractivity contribution in [3.05, 3.63) is 24.3 Å². The average Bonchev–Trinajstić information content (AvgIpc) is 2.75. The average molecular weight is 374 g/mol. The van der Waals surface area contributed by atoms with Crippen molar-refractivity contribution >= 4 is 5.69 Å². The Bertz CT molecular complexity index is 575. The molecular formula is C22H35N3O2. The molecule has 0 aromatic heterocycles. The SMILES string of the molecule is COc1ccccc1N1CCN(C2CCN(C[C@@H]3CCCCO3)CC2)CC1. The predicted octanol–water partition coefficient (Wildman–Crippen LogP) is 2.85. The van der Waals surface area contributed by atoms with E-state index in [0.717, 1.165) is 51.1 Å². The zero-order valence-electron chi connectivity index (χ0n) is 16.8. The number of methoxy groups -OCH3 is 1. The highest BCUT2D eigenvalue weighted by atomic mass is 16.5. The molecule has 3 aliphatic rings. The van der Waals surface area contributed by atoms with E-state index in [0.29, 0.717) is 6.10 Å². The monoisotopic (exact) mass is 373 g/mol. The molecule has 0 unspecified atom stereocenters. The Balaban J connectivity index is 1.22. The summed E-state index contributed by atoms with van der Waals surface area (Å²) in [4.78, 5) is 7.84. The molecular weight excluding hydrogens is 338 g/mol. The summed E-state index contributed by atoms with van der Waals surface area (Å²) >= 11 is 0. The molecule has 0 spiro atoms. The van der Waals surface area contributed by atoms with Crippen LogP contribution in [0.5, 0.6) is 5.75 Å². The zero-order chi connectivity index (χ0) is 18.5. The molecule has 0 radical (unpaired) electrons. The third-order valence-electron chi connectivity index (χ3n) is 6.55. The zero-order valence-corrected chi connectivity index (χ0v) is 16.8. The first kappa shape index (κ1) is 19.0. The molecule has 3 saturated heterocycles. The number of rotatable bonds is 5. The van der Waals surface area contributed by atoms with E-state index in [1.807, 2.05) is 6.07 Å². The predicted molar refractivity (Wildman–Crippen MR) is 110 cm³/mol. The molecule has 1 aromatic carbocycles. The van der Waals surface area contributed by atoms with Gasteiger partial charge in [-0.15, -0.1) is 0 Å². The Kier molecular flexibility index (Phi) is 6.53. The second kappa shape index (κ2) is 9.26. The third kappa shape index (κ3) is 4.76. The van der Waals surface area contributed by atoms with Gasteiger partial charge in [-0.3, -0.25) is 4.90 Å². The molecule has 1 aromatic rings. The van der Waals surface area contributed by atoms with Gasteiger partial charge < -0.3 is 19.3 Å². The summed E-state index contributed by atoms with van der Waals surface area (Å²) in [6.45, 7) is 9.09. The Hall–Kier alpha value is -1.30. The van der Waals surface area contributed by atoms with Gasteiger partial charge in [0.1, 0.15) is 5.75 Å². The fourth-order valence-electron chi connectivity index (χ4n) is 4.93. The number of ether oxygens (including phenoxy) is 2. The van der Waals surface area contributed by atoms with Crippen molar-refractivity contribution < 1.29 is 9.47 Å². The van der Waals surface area contributed by atoms with Crippen LogP contribution in [0.15, 0.2) is 24.3 Å². The summed E-state index contributed by atoms with van der Waals surface area (Å²) in [6.07, 6.45) is 6.95. The third-order valence-corrected chi connectivity index (χ3v) is 6.55. The first-order valence-electron chi connectivity index (χ1n) is 10.8. The summed E-state index contributed by atoms with van der Waals surface area (Å²) < 4.78 is 11.5. The first-order valence-corrected chi connectivity index (χ1v) is 10.8. The Labute approximate surface area is 164 Å². The van der Waals surface area contributed by atoms with Crippen molar-refractivity contribution in [2.75, 3.05) is 64.4 Å². The number of piperidine rings is 1. The van der Waals surface area contributed by atoms with E-state index in [2.05, 4.69) is 32.9 Å². The molecule has 3 fully saturated rings. The van der Waals surface area contributed by atoms with Gasteiger partial charge in [0, 0.05) is 45.4 Å². The van der Waals surface area contributed by atoms with E-state index >= 15 is 0 Å². The number of nitrogens with zero attached hydrogens (tertiary/aromatic N) is 3. The standard InChI is InChI=1S/C22H35N3O2/c1-26-22-8-3-2-7-21(22)25-15-13-24(14-16-25)19-9-11-23(12-10-19)18-20-6-4-5-17-27-20/h2-3,7-8,19-20H,4-6,9-18H2,1H3/t20-/m0/s1. The molecule has 5 heteroatoms. The summed E-state index contributed by atoms with van der Waals surface area (Å²) in [7, 11) is 1.77. The normalized spacial score (nSPS) is 26.3. The van der Waals surface area contributed by atoms with E-state index < -0.39 is 0 Å². The summed E-state index contributed by atoms with van der Waals surface area (Å²) in [5.41, 5.74) is 1.24. The lowest BCUT2D eigenvalue weighted by Crippen LogP contribution is -2.53. The van der Waals surface area contributed by atoms with Gasteiger partial charge in [0.2, 0.25) is 0 Å². The molecule has 27 heavy (non-hydrogen) atoms. The van der Waals surface area contributed by atoms with E-state index in [4.69, 9.17) is 9.47 Å². The van der Waals surface area contributed by atoms with Crippen molar-refractivity contribution in [2.24, 2.45) is 0 Å². The van der Waals surface area contributed by atoms with Crippen molar-refractivity contribution in [2.45, 2.75) is 44.2 Å². The maximum absolute atomic E-state index is 5.93. The van der Waals surface area contributed by atoms with Gasteiger partial charge in [-0.1, -0.05) is 12.1 Å². The molecule has 3 aliphatic heterocycles. The number of likely N-dealkylation sites (tertiary alicyclic amines) is 1. The van der Waals surface area contributed by atoms with E-state index in [1.54, 1.807) is 7.11 Å². The van der Waals surface area contributed by atoms with Crippen molar-refractivity contribution in [3.8, 4) is 5.75 Å². The van der Waals surface area contributed by atoms with Gasteiger partial charge in [-0.2, -0.15) is 0 Å². The topological polar surface area (TPSA) is 28.2 Å². The minimum absolute atomic E-state index is 0.486. The van der Waals surface area contributed by atoms with E-state index in [1.165, 1.54) is 50.9 Å². The number of anilines is 1. The van der Waals surface area contributed by atoms with Crippen LogP contribution in [0.2, 0.25) is 0 Å². The summed E-state index contributed by atoms with van der Waals surface area (Å²) in [6, 6.07) is 9.16. The van der Waals surface area contributed by atoms with Crippen LogP contribution in [0.4, 0.5) is 5.69 Å². The van der Waals surface area contributed by atoms with Crippen LogP contribution in [0, 0.1) is 0 Å². The Morgan fingerprint density at radius 3 is 2.44 bits per heavy atom. The van der Waals surface area contributed by atoms with Crippen LogP contribution in [0.3, 0.4) is 0 Å². The van der Waals surface area contributed by atoms with E-state index in [-0.39, 0.29) is 0 Å². The summed E-state index contributed by atoms with van der Waals surface area (Å²) in [5, 5.41) is 0. The van der Waals surface area contributed by atoms with Gasteiger partial charge in [-0.05, 0) is 57.3 Å². The van der Waals surface area contributed by atoms with Gasteiger partial charge >= 0.3 is 0 Å². The van der Waals surface area contributed by atoms with Crippen LogP contribution in [0.1, 0.15) is 32.1 Å². The van der Waals surface area contributed by atoms with Crippen LogP contribution >= 0.6 is 0 Å². The maximum Gasteiger partial charge on any atom is 0.142 e. The van der Waals surface area contributed by atoms with Gasteiger partial charge in [0.05, 0.1) is 18.9 Å². The lowest BCUT2D eigenvalue weighted by atomic mass is 10.0. The Morgan fingerprint density at radius 1 is 0.963 bits per heavy atom. The minimum Gasteiger partial charge on any atom is -0.495 e. The maximum atomic E-state index is 5.93. The van der Waals surface area contributed by atoms with Gasteiger partial charge in [0.15, 0.2) is 0 Å². The highest BCUT2D eigenvalue weighted by molar-refractivity contribution is 5.58. The lowest BCUT2D eigenvalue weighted by molar-refractivity contribution is -0.0141. The number of piperazine rings is 1. The van der Waals surface area contributed by atoms with Gasteiger partial charge in [-0.25, -0.2) is 0 Å². The molecule has 0 N–H and O–H groups in total. The minimum atomic E-state index is 0.486. The second-order valence-electron chi connectivity index (χ2n) is 8.22. The highest BCUT2D eigenvalue weighted by Crippen LogP contribution is 2.29. The first-order chi connectivity index (χ1) is 13.3. The molecule has 0 aliphatic carbocycles. The number of hydrogen-bond donors (Lipinski definition) is 0. The van der Waals surface area contributed by atoms with E-state index in [9.17, 15) is 0 Å². The molecule has 0 amide bonds. The second-order valence-corrected chi connectivity index (χ2v) is 8.22. The van der Waals surface area contributed by atoms with Gasteiger partial charge in [0.25, 0.3) is 0 Å². The molecule has 5 nitrogen and oxygen atoms in total. The molecule has 3 heterocycles. The number of para-hydroxylation sites is 2.